The zero-order chi connectivity index (χ0) is 24.6. The Balaban J connectivity index is 1.29. The van der Waals surface area contributed by atoms with Crippen molar-refractivity contribution in [2.24, 2.45) is 0 Å². The number of para-hydroxylation sites is 1. The largest absolute Gasteiger partial charge is 0.351 e. The molecule has 0 unspecified atom stereocenters. The molecule has 1 aliphatic carbocycles. The van der Waals surface area contributed by atoms with Gasteiger partial charge in [-0.3, -0.25) is 9.59 Å². The Kier molecular flexibility index (Phi) is 7.95. The predicted octanol–water partition coefficient (Wildman–Crippen LogP) is 5.15. The highest BCUT2D eigenvalue weighted by Gasteiger charge is 2.23. The van der Waals surface area contributed by atoms with Gasteiger partial charge in [0.2, 0.25) is 11.9 Å². The summed E-state index contributed by atoms with van der Waals surface area (Å²) >= 11 is 6.27. The average Bonchev–Trinajstić information content (AvgIpc) is 2.88. The first-order valence-electron chi connectivity index (χ1n) is 11.5. The highest BCUT2D eigenvalue weighted by molar-refractivity contribution is 6.32. The van der Waals surface area contributed by atoms with E-state index in [0.717, 1.165) is 31.4 Å². The number of hydrogen-bond acceptors (Lipinski definition) is 6. The molecule has 1 fully saturated rings. The standard InChI is InChI=1S/C26H27ClN6O2/c1-2-23(34)29-21-10-6-7-17(15-21)25(35)31-19-11-13-20(14-12-19)32-26-28-16-22(27)24(33-26)30-18-8-4-3-5-9-18/h2-10,15-16,19-20H,1,11-14H2,(H,29,34)(H,31,35)(H2,28,30,32,33). The number of carbonyl (C=O) groups is 2. The van der Waals surface area contributed by atoms with Crippen molar-refractivity contribution in [1.29, 1.82) is 0 Å². The molecule has 9 heteroatoms. The van der Waals surface area contributed by atoms with Gasteiger partial charge >= 0.3 is 0 Å². The van der Waals surface area contributed by atoms with E-state index in [1.807, 2.05) is 30.3 Å². The average molecular weight is 491 g/mol. The fourth-order valence-electron chi connectivity index (χ4n) is 3.95. The van der Waals surface area contributed by atoms with Gasteiger partial charge in [-0.2, -0.15) is 4.98 Å². The molecule has 0 aliphatic heterocycles. The number of nitrogens with one attached hydrogen (secondary N) is 4. The summed E-state index contributed by atoms with van der Waals surface area (Å²) in [7, 11) is 0. The van der Waals surface area contributed by atoms with Gasteiger partial charge in [0, 0.05) is 29.0 Å². The summed E-state index contributed by atoms with van der Waals surface area (Å²) < 4.78 is 0. The number of nitrogens with zero attached hydrogens (tertiary/aromatic N) is 2. The number of hydrogen-bond donors (Lipinski definition) is 4. The van der Waals surface area contributed by atoms with E-state index in [4.69, 9.17) is 11.6 Å². The zero-order valence-corrected chi connectivity index (χ0v) is 19.9. The SMILES string of the molecule is C=CC(=O)Nc1cccc(C(=O)NC2CCC(Nc3ncc(Cl)c(Nc4ccccc4)n3)CC2)c1. The molecule has 35 heavy (non-hydrogen) atoms. The van der Waals surface area contributed by atoms with E-state index in [0.29, 0.717) is 28.0 Å². The first-order valence-corrected chi connectivity index (χ1v) is 11.8. The van der Waals surface area contributed by atoms with Crippen LogP contribution in [0.25, 0.3) is 0 Å². The van der Waals surface area contributed by atoms with Gasteiger partial charge in [-0.15, -0.1) is 0 Å². The van der Waals surface area contributed by atoms with E-state index >= 15 is 0 Å². The lowest BCUT2D eigenvalue weighted by Gasteiger charge is -2.29. The van der Waals surface area contributed by atoms with Crippen LogP contribution in [0.3, 0.4) is 0 Å². The molecule has 3 aromatic rings. The van der Waals surface area contributed by atoms with Crippen LogP contribution in [0.1, 0.15) is 36.0 Å². The van der Waals surface area contributed by atoms with Crippen molar-refractivity contribution in [3.8, 4) is 0 Å². The smallest absolute Gasteiger partial charge is 0.251 e. The van der Waals surface area contributed by atoms with E-state index in [2.05, 4.69) is 37.8 Å². The molecular weight excluding hydrogens is 464 g/mol. The van der Waals surface area contributed by atoms with Crippen LogP contribution >= 0.6 is 11.6 Å². The molecule has 4 N–H and O–H groups in total. The first-order chi connectivity index (χ1) is 17.0. The van der Waals surface area contributed by atoms with E-state index in [9.17, 15) is 9.59 Å². The van der Waals surface area contributed by atoms with E-state index in [1.54, 1.807) is 30.5 Å². The molecule has 180 valence electrons. The summed E-state index contributed by atoms with van der Waals surface area (Å²) in [6, 6.07) is 16.8. The molecule has 2 aromatic carbocycles. The fourth-order valence-corrected chi connectivity index (χ4v) is 4.09. The second kappa shape index (κ2) is 11.5. The van der Waals surface area contributed by atoms with E-state index in [1.165, 1.54) is 6.08 Å². The first kappa shape index (κ1) is 24.2. The van der Waals surface area contributed by atoms with Crippen LogP contribution in [0.4, 0.5) is 23.1 Å². The van der Waals surface area contributed by atoms with Gasteiger partial charge in [0.15, 0.2) is 5.82 Å². The summed E-state index contributed by atoms with van der Waals surface area (Å²) in [5.74, 6) is 0.580. The number of anilines is 4. The Labute approximate surface area is 209 Å². The molecule has 1 heterocycles. The van der Waals surface area contributed by atoms with Crippen molar-refractivity contribution >= 4 is 46.6 Å². The highest BCUT2D eigenvalue weighted by Crippen LogP contribution is 2.26. The van der Waals surface area contributed by atoms with Crippen LogP contribution in [-0.4, -0.2) is 33.9 Å². The Hall–Kier alpha value is -3.91. The van der Waals surface area contributed by atoms with Crippen LogP contribution in [0.15, 0.2) is 73.4 Å². The maximum atomic E-state index is 12.7. The quantitative estimate of drug-likeness (QED) is 0.325. The molecule has 0 bridgehead atoms. The van der Waals surface area contributed by atoms with Gasteiger partial charge in [-0.1, -0.05) is 42.4 Å². The molecular formula is C26H27ClN6O2. The second-order valence-corrected chi connectivity index (χ2v) is 8.73. The number of aromatic nitrogens is 2. The van der Waals surface area contributed by atoms with Crippen molar-refractivity contribution < 1.29 is 9.59 Å². The summed E-state index contributed by atoms with van der Waals surface area (Å²) in [5.41, 5.74) is 1.95. The van der Waals surface area contributed by atoms with Crippen LogP contribution in [-0.2, 0) is 4.79 Å². The maximum absolute atomic E-state index is 12.7. The lowest BCUT2D eigenvalue weighted by Crippen LogP contribution is -2.40. The Morgan fingerprint density at radius 1 is 0.971 bits per heavy atom. The minimum Gasteiger partial charge on any atom is -0.351 e. The van der Waals surface area contributed by atoms with Crippen LogP contribution in [0.2, 0.25) is 5.02 Å². The Bertz CT molecular complexity index is 1200. The number of benzene rings is 2. The summed E-state index contributed by atoms with van der Waals surface area (Å²) in [6.45, 7) is 3.44. The van der Waals surface area contributed by atoms with Gasteiger partial charge in [0.05, 0.1) is 6.20 Å². The number of carbonyl (C=O) groups excluding carboxylic acids is 2. The van der Waals surface area contributed by atoms with E-state index in [-0.39, 0.29) is 23.9 Å². The Morgan fingerprint density at radius 2 is 1.69 bits per heavy atom. The van der Waals surface area contributed by atoms with Crippen molar-refractivity contribution in [3.05, 3.63) is 84.0 Å². The molecule has 4 rings (SSSR count). The normalized spacial score (nSPS) is 17.2. The molecule has 0 spiro atoms. The lowest BCUT2D eigenvalue weighted by molar-refractivity contribution is -0.111. The van der Waals surface area contributed by atoms with Gasteiger partial charge in [-0.05, 0) is 62.1 Å². The highest BCUT2D eigenvalue weighted by atomic mass is 35.5. The predicted molar refractivity (Wildman–Crippen MR) is 139 cm³/mol. The van der Waals surface area contributed by atoms with Gasteiger partial charge < -0.3 is 21.3 Å². The fraction of sp³-hybridized carbons (Fsp3) is 0.231. The van der Waals surface area contributed by atoms with Gasteiger partial charge in [0.25, 0.3) is 5.91 Å². The monoisotopic (exact) mass is 490 g/mol. The number of halogens is 1. The van der Waals surface area contributed by atoms with Crippen molar-refractivity contribution in [3.63, 3.8) is 0 Å². The van der Waals surface area contributed by atoms with Gasteiger partial charge in [-0.25, -0.2) is 4.98 Å². The summed E-state index contributed by atoms with van der Waals surface area (Å²) in [5, 5.41) is 12.8. The van der Waals surface area contributed by atoms with Crippen LogP contribution in [0, 0.1) is 0 Å². The minimum atomic E-state index is -0.319. The molecule has 8 nitrogen and oxygen atoms in total. The zero-order valence-electron chi connectivity index (χ0n) is 19.1. The maximum Gasteiger partial charge on any atom is 0.251 e. The minimum absolute atomic E-state index is 0.0772. The molecule has 2 amide bonds. The van der Waals surface area contributed by atoms with Crippen molar-refractivity contribution in [2.45, 2.75) is 37.8 Å². The molecule has 0 atom stereocenters. The summed E-state index contributed by atoms with van der Waals surface area (Å²) in [6.07, 6.45) is 6.17. The molecule has 0 radical (unpaired) electrons. The van der Waals surface area contributed by atoms with Crippen molar-refractivity contribution in [1.82, 2.24) is 15.3 Å². The third-order valence-electron chi connectivity index (χ3n) is 5.75. The van der Waals surface area contributed by atoms with Crippen LogP contribution < -0.4 is 21.3 Å². The molecule has 1 saturated carbocycles. The summed E-state index contributed by atoms with van der Waals surface area (Å²) in [4.78, 5) is 33.1. The number of amides is 2. The second-order valence-electron chi connectivity index (χ2n) is 8.32. The topological polar surface area (TPSA) is 108 Å². The molecule has 0 saturated heterocycles. The third kappa shape index (κ3) is 6.80. The van der Waals surface area contributed by atoms with Crippen molar-refractivity contribution in [2.75, 3.05) is 16.0 Å². The third-order valence-corrected chi connectivity index (χ3v) is 6.03. The molecule has 1 aromatic heterocycles. The Morgan fingerprint density at radius 3 is 2.43 bits per heavy atom. The van der Waals surface area contributed by atoms with Gasteiger partial charge in [0.1, 0.15) is 5.02 Å². The molecule has 1 aliphatic rings. The van der Waals surface area contributed by atoms with E-state index < -0.39 is 0 Å². The number of rotatable bonds is 8. The lowest BCUT2D eigenvalue weighted by atomic mass is 9.91. The van der Waals surface area contributed by atoms with Crippen LogP contribution in [0.5, 0.6) is 0 Å².